The minimum Gasteiger partial charge on any atom is -0.480 e. The van der Waals surface area contributed by atoms with Gasteiger partial charge in [0.25, 0.3) is 0 Å². The number of hydrogen-bond acceptors (Lipinski definition) is 3. The topological polar surface area (TPSA) is 106 Å². The van der Waals surface area contributed by atoms with E-state index in [9.17, 15) is 9.59 Å². The van der Waals surface area contributed by atoms with E-state index < -0.39 is 17.9 Å². The highest BCUT2D eigenvalue weighted by atomic mass is 16.4. The standard InChI is InChI=1S/C6H10N2O3/c1-3(5(8)9)2-4(7)6(10)11/h4H,1-2,7H2,(H2,8,9)(H,10,11). The fourth-order valence-corrected chi connectivity index (χ4v) is 0.453. The highest BCUT2D eigenvalue weighted by Gasteiger charge is 2.14. The minimum absolute atomic E-state index is 0.0277. The maximum absolute atomic E-state index is 10.3. The van der Waals surface area contributed by atoms with E-state index in [1.807, 2.05) is 0 Å². The molecule has 0 radical (unpaired) electrons. The molecule has 5 N–H and O–H groups in total. The summed E-state index contributed by atoms with van der Waals surface area (Å²) in [6, 6.07) is -1.10. The molecule has 0 fully saturated rings. The molecule has 11 heavy (non-hydrogen) atoms. The first-order valence-electron chi connectivity index (χ1n) is 2.91. The van der Waals surface area contributed by atoms with E-state index in [0.29, 0.717) is 0 Å². The molecule has 0 bridgehead atoms. The van der Waals surface area contributed by atoms with Crippen LogP contribution in [-0.2, 0) is 9.59 Å². The van der Waals surface area contributed by atoms with E-state index in [4.69, 9.17) is 16.6 Å². The molecule has 0 aliphatic rings. The van der Waals surface area contributed by atoms with Gasteiger partial charge in [0.15, 0.2) is 0 Å². The normalized spacial score (nSPS) is 12.1. The van der Waals surface area contributed by atoms with Crippen molar-refractivity contribution in [3.05, 3.63) is 12.2 Å². The lowest BCUT2D eigenvalue weighted by Gasteiger charge is -2.04. The molecule has 0 heterocycles. The molecule has 1 unspecified atom stereocenters. The van der Waals surface area contributed by atoms with Gasteiger partial charge in [-0.05, 0) is 0 Å². The molecule has 62 valence electrons. The number of primary amides is 1. The second-order valence-corrected chi connectivity index (χ2v) is 2.12. The molecular weight excluding hydrogens is 148 g/mol. The Hall–Kier alpha value is -1.36. The van der Waals surface area contributed by atoms with Crippen LogP contribution in [0.4, 0.5) is 0 Å². The largest absolute Gasteiger partial charge is 0.480 e. The second kappa shape index (κ2) is 3.72. The van der Waals surface area contributed by atoms with Gasteiger partial charge in [-0.2, -0.15) is 0 Å². The fourth-order valence-electron chi connectivity index (χ4n) is 0.453. The van der Waals surface area contributed by atoms with Gasteiger partial charge < -0.3 is 16.6 Å². The van der Waals surface area contributed by atoms with Crippen LogP contribution in [0, 0.1) is 0 Å². The molecule has 5 heteroatoms. The third-order valence-electron chi connectivity index (χ3n) is 1.13. The highest BCUT2D eigenvalue weighted by Crippen LogP contribution is 1.99. The van der Waals surface area contributed by atoms with Crippen LogP contribution in [0.1, 0.15) is 6.42 Å². The Morgan fingerprint density at radius 2 is 2.00 bits per heavy atom. The molecule has 0 spiro atoms. The Kier molecular flexibility index (Phi) is 3.26. The van der Waals surface area contributed by atoms with Crippen LogP contribution >= 0.6 is 0 Å². The molecule has 0 aromatic heterocycles. The van der Waals surface area contributed by atoms with Crippen molar-refractivity contribution in [2.45, 2.75) is 12.5 Å². The van der Waals surface area contributed by atoms with Gasteiger partial charge in [0.1, 0.15) is 6.04 Å². The lowest BCUT2D eigenvalue weighted by atomic mass is 10.1. The zero-order valence-electron chi connectivity index (χ0n) is 5.91. The number of rotatable bonds is 4. The zero-order valence-corrected chi connectivity index (χ0v) is 5.91. The van der Waals surface area contributed by atoms with Crippen molar-refractivity contribution < 1.29 is 14.7 Å². The maximum Gasteiger partial charge on any atom is 0.320 e. The van der Waals surface area contributed by atoms with E-state index in [1.165, 1.54) is 0 Å². The van der Waals surface area contributed by atoms with Crippen molar-refractivity contribution in [1.82, 2.24) is 0 Å². The van der Waals surface area contributed by atoms with Gasteiger partial charge in [0, 0.05) is 12.0 Å². The maximum atomic E-state index is 10.3. The molecule has 0 aliphatic heterocycles. The predicted molar refractivity (Wildman–Crippen MR) is 38.6 cm³/mol. The molecular formula is C6H10N2O3. The number of amides is 1. The summed E-state index contributed by atoms with van der Waals surface area (Å²) in [7, 11) is 0. The average Bonchev–Trinajstić information content (AvgIpc) is 1.87. The summed E-state index contributed by atoms with van der Waals surface area (Å²) in [6.07, 6.45) is -0.106. The first kappa shape index (κ1) is 9.64. The van der Waals surface area contributed by atoms with Gasteiger partial charge >= 0.3 is 5.97 Å². The molecule has 0 aromatic carbocycles. The van der Waals surface area contributed by atoms with E-state index in [-0.39, 0.29) is 12.0 Å². The number of carboxylic acids is 1. The van der Waals surface area contributed by atoms with Crippen LogP contribution in [0.15, 0.2) is 12.2 Å². The third kappa shape index (κ3) is 3.36. The molecule has 0 aromatic rings. The lowest BCUT2D eigenvalue weighted by Crippen LogP contribution is -2.32. The summed E-state index contributed by atoms with van der Waals surface area (Å²) < 4.78 is 0. The highest BCUT2D eigenvalue weighted by molar-refractivity contribution is 5.92. The van der Waals surface area contributed by atoms with Crippen LogP contribution in [0.5, 0.6) is 0 Å². The molecule has 0 saturated carbocycles. The van der Waals surface area contributed by atoms with Crippen LogP contribution in [0.3, 0.4) is 0 Å². The lowest BCUT2D eigenvalue weighted by molar-refractivity contribution is -0.138. The summed E-state index contributed by atoms with van der Waals surface area (Å²) in [5.74, 6) is -1.89. The van der Waals surface area contributed by atoms with Crippen LogP contribution in [0.2, 0.25) is 0 Å². The Morgan fingerprint density at radius 1 is 1.55 bits per heavy atom. The molecule has 0 saturated heterocycles. The Balaban J connectivity index is 3.95. The summed E-state index contributed by atoms with van der Waals surface area (Å²) in [6.45, 7) is 3.26. The van der Waals surface area contributed by atoms with E-state index in [2.05, 4.69) is 6.58 Å². The molecule has 0 rings (SSSR count). The fraction of sp³-hybridized carbons (Fsp3) is 0.333. The SMILES string of the molecule is C=C(CC(N)C(=O)O)C(N)=O. The van der Waals surface area contributed by atoms with Crippen molar-refractivity contribution >= 4 is 11.9 Å². The Bertz CT molecular complexity index is 200. The Labute approximate surface area is 63.7 Å². The second-order valence-electron chi connectivity index (χ2n) is 2.12. The zero-order chi connectivity index (χ0) is 9.02. The number of aliphatic carboxylic acids is 1. The Morgan fingerprint density at radius 3 is 2.27 bits per heavy atom. The number of hydrogen-bond donors (Lipinski definition) is 3. The van der Waals surface area contributed by atoms with Gasteiger partial charge in [-0.15, -0.1) is 0 Å². The molecule has 1 amide bonds. The minimum atomic E-state index is -1.17. The number of nitrogens with two attached hydrogens (primary N) is 2. The molecule has 0 aliphatic carbocycles. The van der Waals surface area contributed by atoms with Gasteiger partial charge in [0.05, 0.1) is 0 Å². The van der Waals surface area contributed by atoms with Crippen molar-refractivity contribution in [2.75, 3.05) is 0 Å². The molecule has 5 nitrogen and oxygen atoms in total. The van der Waals surface area contributed by atoms with Gasteiger partial charge in [0.2, 0.25) is 5.91 Å². The number of carboxylic acid groups (broad SMARTS) is 1. The number of carbonyl (C=O) groups is 2. The van der Waals surface area contributed by atoms with Gasteiger partial charge in [-0.25, -0.2) is 0 Å². The quantitative estimate of drug-likeness (QED) is 0.448. The van der Waals surface area contributed by atoms with Gasteiger partial charge in [-0.1, -0.05) is 6.58 Å². The van der Waals surface area contributed by atoms with Crippen LogP contribution < -0.4 is 11.5 Å². The molecule has 1 atom stereocenters. The monoisotopic (exact) mass is 158 g/mol. The van der Waals surface area contributed by atoms with E-state index >= 15 is 0 Å². The van der Waals surface area contributed by atoms with Gasteiger partial charge in [-0.3, -0.25) is 9.59 Å². The third-order valence-corrected chi connectivity index (χ3v) is 1.13. The smallest absolute Gasteiger partial charge is 0.320 e. The van der Waals surface area contributed by atoms with E-state index in [0.717, 1.165) is 0 Å². The van der Waals surface area contributed by atoms with Crippen molar-refractivity contribution in [3.63, 3.8) is 0 Å². The number of carbonyl (C=O) groups excluding carboxylic acids is 1. The van der Waals surface area contributed by atoms with Crippen LogP contribution in [-0.4, -0.2) is 23.0 Å². The summed E-state index contributed by atoms with van der Waals surface area (Å²) in [5.41, 5.74) is 9.91. The predicted octanol–water partition coefficient (Wildman–Crippen LogP) is -1.17. The van der Waals surface area contributed by atoms with Crippen LogP contribution in [0.25, 0.3) is 0 Å². The van der Waals surface area contributed by atoms with Crippen molar-refractivity contribution in [2.24, 2.45) is 11.5 Å². The van der Waals surface area contributed by atoms with E-state index in [1.54, 1.807) is 0 Å². The summed E-state index contributed by atoms with van der Waals surface area (Å²) in [5, 5.41) is 8.29. The van der Waals surface area contributed by atoms with Crippen molar-refractivity contribution in [1.29, 1.82) is 0 Å². The summed E-state index contributed by atoms with van der Waals surface area (Å²) >= 11 is 0. The average molecular weight is 158 g/mol. The van der Waals surface area contributed by atoms with Crippen molar-refractivity contribution in [3.8, 4) is 0 Å². The summed E-state index contributed by atoms with van der Waals surface area (Å²) in [4.78, 5) is 20.5. The first-order chi connectivity index (χ1) is 4.95. The first-order valence-corrected chi connectivity index (χ1v) is 2.91.